The second-order valence-electron chi connectivity index (χ2n) is 7.82. The number of aromatic nitrogens is 3. The van der Waals surface area contributed by atoms with E-state index in [1.165, 1.54) is 0 Å². The highest BCUT2D eigenvalue weighted by atomic mass is 35.5. The van der Waals surface area contributed by atoms with Gasteiger partial charge in [0.25, 0.3) is 5.91 Å². The molecule has 2 aromatic heterocycles. The van der Waals surface area contributed by atoms with Crippen molar-refractivity contribution in [3.63, 3.8) is 0 Å². The van der Waals surface area contributed by atoms with E-state index in [0.717, 1.165) is 29.7 Å². The van der Waals surface area contributed by atoms with Crippen molar-refractivity contribution in [2.75, 3.05) is 13.1 Å². The number of halogens is 1. The molecule has 8 heteroatoms. The molecule has 1 aliphatic rings. The Bertz CT molecular complexity index is 1350. The van der Waals surface area contributed by atoms with Crippen molar-refractivity contribution < 1.29 is 9.21 Å². The maximum atomic E-state index is 13.2. The fourth-order valence-electron chi connectivity index (χ4n) is 4.34. The zero-order chi connectivity index (χ0) is 21.0. The highest BCUT2D eigenvalue weighted by molar-refractivity contribution is 6.31. The van der Waals surface area contributed by atoms with Gasteiger partial charge in [-0.15, -0.1) is 0 Å². The van der Waals surface area contributed by atoms with Gasteiger partial charge in [-0.2, -0.15) is 0 Å². The molecule has 1 saturated heterocycles. The van der Waals surface area contributed by atoms with Crippen molar-refractivity contribution in [2.24, 2.45) is 7.05 Å². The van der Waals surface area contributed by atoms with Crippen LogP contribution in [0.15, 0.2) is 45.6 Å². The third-order valence-electron chi connectivity index (χ3n) is 5.97. The number of nitrogens with zero attached hydrogens (tertiary/aromatic N) is 4. The van der Waals surface area contributed by atoms with Gasteiger partial charge in [0.1, 0.15) is 5.82 Å². The topological polar surface area (TPSA) is 73.3 Å². The van der Waals surface area contributed by atoms with E-state index in [9.17, 15) is 9.59 Å². The van der Waals surface area contributed by atoms with E-state index in [1.54, 1.807) is 27.7 Å². The van der Waals surface area contributed by atoms with Gasteiger partial charge in [-0.3, -0.25) is 9.36 Å². The summed E-state index contributed by atoms with van der Waals surface area (Å²) in [5, 5.41) is 0.541. The molecule has 0 saturated carbocycles. The summed E-state index contributed by atoms with van der Waals surface area (Å²) in [5.41, 5.74) is 3.57. The molecule has 30 heavy (non-hydrogen) atoms. The molecular weight excluding hydrogens is 404 g/mol. The molecule has 0 spiro atoms. The highest BCUT2D eigenvalue weighted by Crippen LogP contribution is 2.28. The van der Waals surface area contributed by atoms with Crippen LogP contribution in [0, 0.1) is 6.92 Å². The monoisotopic (exact) mass is 424 g/mol. The molecule has 1 amide bonds. The summed E-state index contributed by atoms with van der Waals surface area (Å²) < 4.78 is 9.02. The van der Waals surface area contributed by atoms with Crippen LogP contribution in [0.2, 0.25) is 5.02 Å². The first kappa shape index (κ1) is 18.9. The first-order valence-electron chi connectivity index (χ1n) is 9.95. The van der Waals surface area contributed by atoms with Crippen LogP contribution in [0.25, 0.3) is 22.1 Å². The SMILES string of the molecule is Cc1nc2cc(C(=O)N3CCC[C@@H](n4c(=O)oc5ccc(Cl)cc54)C3)ccc2n1C. The molecule has 0 aliphatic carbocycles. The van der Waals surface area contributed by atoms with E-state index < -0.39 is 5.76 Å². The number of amides is 1. The second-order valence-corrected chi connectivity index (χ2v) is 8.26. The van der Waals surface area contributed by atoms with Crippen LogP contribution in [0.1, 0.15) is 35.1 Å². The number of hydrogen-bond donors (Lipinski definition) is 0. The fraction of sp³-hybridized carbons (Fsp3) is 0.318. The molecule has 0 N–H and O–H groups in total. The van der Waals surface area contributed by atoms with E-state index in [2.05, 4.69) is 4.98 Å². The van der Waals surface area contributed by atoms with Crippen molar-refractivity contribution >= 4 is 39.6 Å². The number of fused-ring (bicyclic) bond motifs is 2. The number of rotatable bonds is 2. The number of carbonyl (C=O) groups excluding carboxylic acids is 1. The molecule has 0 radical (unpaired) electrons. The minimum atomic E-state index is -0.419. The Morgan fingerprint density at radius 3 is 2.87 bits per heavy atom. The third kappa shape index (κ3) is 3.01. The van der Waals surface area contributed by atoms with Gasteiger partial charge >= 0.3 is 5.76 Å². The molecule has 1 fully saturated rings. The number of likely N-dealkylation sites (tertiary alicyclic amines) is 1. The predicted molar refractivity (Wildman–Crippen MR) is 115 cm³/mol. The fourth-order valence-corrected chi connectivity index (χ4v) is 4.50. The molecule has 3 heterocycles. The summed E-state index contributed by atoms with van der Waals surface area (Å²) >= 11 is 6.13. The molecule has 5 rings (SSSR count). The molecule has 7 nitrogen and oxygen atoms in total. The first-order valence-corrected chi connectivity index (χ1v) is 10.3. The van der Waals surface area contributed by atoms with Gasteiger partial charge in [0, 0.05) is 30.7 Å². The maximum absolute atomic E-state index is 13.2. The maximum Gasteiger partial charge on any atom is 0.420 e. The van der Waals surface area contributed by atoms with Crippen LogP contribution >= 0.6 is 11.6 Å². The lowest BCUT2D eigenvalue weighted by Crippen LogP contribution is -2.42. The minimum Gasteiger partial charge on any atom is -0.408 e. The summed E-state index contributed by atoms with van der Waals surface area (Å²) in [6.07, 6.45) is 1.60. The van der Waals surface area contributed by atoms with Crippen molar-refractivity contribution in [2.45, 2.75) is 25.8 Å². The Hall–Kier alpha value is -3.06. The normalized spacial score (nSPS) is 17.2. The van der Waals surface area contributed by atoms with Gasteiger partial charge in [0.2, 0.25) is 0 Å². The lowest BCUT2D eigenvalue weighted by Gasteiger charge is -2.33. The van der Waals surface area contributed by atoms with E-state index >= 15 is 0 Å². The Balaban J connectivity index is 1.46. The Morgan fingerprint density at radius 2 is 2.03 bits per heavy atom. The number of hydrogen-bond acceptors (Lipinski definition) is 4. The molecule has 4 aromatic rings. The van der Waals surface area contributed by atoms with Crippen molar-refractivity contribution in [1.82, 2.24) is 19.0 Å². The Labute approximate surface area is 177 Å². The van der Waals surface area contributed by atoms with Gasteiger partial charge in [0.05, 0.1) is 22.6 Å². The number of benzene rings is 2. The number of imidazole rings is 1. The van der Waals surface area contributed by atoms with Crippen LogP contribution in [0.5, 0.6) is 0 Å². The van der Waals surface area contributed by atoms with Gasteiger partial charge in [-0.1, -0.05) is 11.6 Å². The zero-order valence-corrected chi connectivity index (χ0v) is 17.5. The molecular formula is C22H21ClN4O3. The quantitative estimate of drug-likeness (QED) is 0.489. The van der Waals surface area contributed by atoms with E-state index in [4.69, 9.17) is 16.0 Å². The minimum absolute atomic E-state index is 0.0520. The number of aryl methyl sites for hydroxylation is 2. The van der Waals surface area contributed by atoms with Gasteiger partial charge in [0.15, 0.2) is 5.58 Å². The van der Waals surface area contributed by atoms with E-state index in [1.807, 2.05) is 36.7 Å². The van der Waals surface area contributed by atoms with Gasteiger partial charge < -0.3 is 13.9 Å². The van der Waals surface area contributed by atoms with Crippen molar-refractivity contribution in [3.8, 4) is 0 Å². The van der Waals surface area contributed by atoms with Crippen LogP contribution in [-0.4, -0.2) is 38.0 Å². The first-order chi connectivity index (χ1) is 14.4. The van der Waals surface area contributed by atoms with E-state index in [-0.39, 0.29) is 11.9 Å². The summed E-state index contributed by atoms with van der Waals surface area (Å²) in [7, 11) is 1.96. The van der Waals surface area contributed by atoms with Crippen LogP contribution in [-0.2, 0) is 7.05 Å². The van der Waals surface area contributed by atoms with Gasteiger partial charge in [-0.05, 0) is 56.2 Å². The largest absolute Gasteiger partial charge is 0.420 e. The smallest absolute Gasteiger partial charge is 0.408 e. The highest BCUT2D eigenvalue weighted by Gasteiger charge is 2.28. The lowest BCUT2D eigenvalue weighted by molar-refractivity contribution is 0.0677. The van der Waals surface area contributed by atoms with Crippen molar-refractivity contribution in [1.29, 1.82) is 0 Å². The summed E-state index contributed by atoms with van der Waals surface area (Å²) in [6.45, 7) is 3.04. The van der Waals surface area contributed by atoms with Gasteiger partial charge in [-0.25, -0.2) is 9.78 Å². The van der Waals surface area contributed by atoms with Crippen molar-refractivity contribution in [3.05, 3.63) is 63.4 Å². The predicted octanol–water partition coefficient (Wildman–Crippen LogP) is 3.92. The average molecular weight is 425 g/mol. The summed E-state index contributed by atoms with van der Waals surface area (Å²) in [6, 6.07) is 10.6. The summed E-state index contributed by atoms with van der Waals surface area (Å²) in [5.74, 6) is 0.429. The number of carbonyl (C=O) groups is 1. The molecule has 154 valence electrons. The molecule has 1 aliphatic heterocycles. The zero-order valence-electron chi connectivity index (χ0n) is 16.8. The van der Waals surface area contributed by atoms with Crippen LogP contribution < -0.4 is 5.76 Å². The molecule has 2 aromatic carbocycles. The average Bonchev–Trinajstić information content (AvgIpc) is 3.22. The Morgan fingerprint density at radius 1 is 1.20 bits per heavy atom. The molecule has 1 atom stereocenters. The summed E-state index contributed by atoms with van der Waals surface area (Å²) in [4.78, 5) is 32.1. The second kappa shape index (κ2) is 7.02. The molecule has 0 unspecified atom stereocenters. The standard InChI is InChI=1S/C22H21ClN4O3/c1-13-24-17-10-14(5-7-18(17)25(13)2)21(28)26-9-3-4-16(12-26)27-19-11-15(23)6-8-20(19)30-22(27)29/h5-8,10-11,16H,3-4,9,12H2,1-2H3/t16-/m1/s1. The van der Waals surface area contributed by atoms with Crippen LogP contribution in [0.3, 0.4) is 0 Å². The molecule has 0 bridgehead atoms. The number of oxazole rings is 1. The Kier molecular flexibility index (Phi) is 4.43. The number of piperidine rings is 1. The van der Waals surface area contributed by atoms with Crippen LogP contribution in [0.4, 0.5) is 0 Å². The van der Waals surface area contributed by atoms with E-state index in [0.29, 0.717) is 34.8 Å². The third-order valence-corrected chi connectivity index (χ3v) is 6.21. The lowest BCUT2D eigenvalue weighted by atomic mass is 10.0.